The molecule has 1 unspecified atom stereocenters. The maximum atomic E-state index is 12.5. The Bertz CT molecular complexity index is 677. The van der Waals surface area contributed by atoms with E-state index in [0.29, 0.717) is 30.1 Å². The highest BCUT2D eigenvalue weighted by Crippen LogP contribution is 2.23. The molecule has 0 aliphatic heterocycles. The number of alkyl halides is 1. The molecule has 0 bridgehead atoms. The van der Waals surface area contributed by atoms with Gasteiger partial charge < -0.3 is 20.5 Å². The molecule has 0 radical (unpaired) electrons. The van der Waals surface area contributed by atoms with Crippen molar-refractivity contribution >= 4 is 11.6 Å². The summed E-state index contributed by atoms with van der Waals surface area (Å²) in [7, 11) is 0. The summed E-state index contributed by atoms with van der Waals surface area (Å²) in [6.45, 7) is 1.99. The lowest BCUT2D eigenvalue weighted by atomic mass is 10.1. The average Bonchev–Trinajstić information content (AvgIpc) is 2.61. The topological polar surface area (TPSA) is 70.6 Å². The van der Waals surface area contributed by atoms with Crippen LogP contribution in [-0.4, -0.2) is 30.3 Å². The molecule has 1 amide bonds. The largest absolute Gasteiger partial charge is 0.489 e. The van der Waals surface area contributed by atoms with Crippen LogP contribution in [0.25, 0.3) is 0 Å². The number of nitrogens with one attached hydrogen (secondary N) is 2. The van der Waals surface area contributed by atoms with Crippen LogP contribution in [0.4, 0.5) is 10.1 Å². The maximum absolute atomic E-state index is 12.5. The highest BCUT2D eigenvalue weighted by Gasteiger charge is 2.08. The Labute approximate surface area is 146 Å². The molecule has 2 rings (SSSR count). The monoisotopic (exact) mass is 346 g/mol. The highest BCUT2D eigenvalue weighted by atomic mass is 19.1. The Kier molecular flexibility index (Phi) is 7.37. The van der Waals surface area contributed by atoms with Crippen molar-refractivity contribution in [3.63, 3.8) is 0 Å². The second-order valence-corrected chi connectivity index (χ2v) is 5.72. The Morgan fingerprint density at radius 3 is 2.52 bits per heavy atom. The molecule has 0 aliphatic carbocycles. The predicted molar refractivity (Wildman–Crippen MR) is 95.2 cm³/mol. The minimum atomic E-state index is -0.699. The van der Waals surface area contributed by atoms with Gasteiger partial charge in [0, 0.05) is 20.0 Å². The fourth-order valence-corrected chi connectivity index (χ4v) is 2.26. The molecule has 0 fully saturated rings. The van der Waals surface area contributed by atoms with E-state index in [2.05, 4.69) is 10.6 Å². The summed E-state index contributed by atoms with van der Waals surface area (Å²) >= 11 is 0. The zero-order valence-corrected chi connectivity index (χ0v) is 14.2. The molecule has 134 valence electrons. The average molecular weight is 346 g/mol. The summed E-state index contributed by atoms with van der Waals surface area (Å²) < 4.78 is 18.0. The third kappa shape index (κ3) is 6.52. The van der Waals surface area contributed by atoms with Gasteiger partial charge in [0.25, 0.3) is 0 Å². The van der Waals surface area contributed by atoms with Gasteiger partial charge in [-0.3, -0.25) is 4.79 Å². The molecule has 0 spiro atoms. The number of anilines is 1. The van der Waals surface area contributed by atoms with E-state index < -0.39 is 12.8 Å². The van der Waals surface area contributed by atoms with E-state index in [1.165, 1.54) is 6.92 Å². The summed E-state index contributed by atoms with van der Waals surface area (Å²) in [5.41, 5.74) is 2.24. The fraction of sp³-hybridized carbons (Fsp3) is 0.316. The minimum absolute atomic E-state index is 0.102. The number of hydrogen-bond acceptors (Lipinski definition) is 4. The minimum Gasteiger partial charge on any atom is -0.489 e. The van der Waals surface area contributed by atoms with Crippen LogP contribution in [0.1, 0.15) is 18.1 Å². The molecule has 0 aliphatic rings. The zero-order valence-electron chi connectivity index (χ0n) is 14.2. The van der Waals surface area contributed by atoms with Gasteiger partial charge in [-0.05, 0) is 23.3 Å². The first-order chi connectivity index (χ1) is 12.1. The molecule has 6 heteroatoms. The highest BCUT2D eigenvalue weighted by molar-refractivity contribution is 5.90. The van der Waals surface area contributed by atoms with Gasteiger partial charge >= 0.3 is 0 Å². The fourth-order valence-electron chi connectivity index (χ4n) is 2.26. The number of carbonyl (C=O) groups excluding carboxylic acids is 1. The number of carbonyl (C=O) groups is 1. The standard InChI is InChI=1S/C19H23FN2O3/c1-14(23)22-18-4-2-3-5-19(18)25-13-17(24)12-21-11-16-8-6-15(10-20)7-9-16/h2-9,17,21,24H,10-13H2,1H3,(H,22,23). The molecular formula is C19H23FN2O3. The van der Waals surface area contributed by atoms with Gasteiger partial charge in [0.15, 0.2) is 0 Å². The molecular weight excluding hydrogens is 323 g/mol. The number of halogens is 1. The van der Waals surface area contributed by atoms with Crippen molar-refractivity contribution in [2.45, 2.75) is 26.2 Å². The number of para-hydroxylation sites is 2. The van der Waals surface area contributed by atoms with Gasteiger partial charge in [0.1, 0.15) is 25.1 Å². The van der Waals surface area contributed by atoms with Crippen LogP contribution in [0, 0.1) is 0 Å². The Balaban J connectivity index is 1.75. The SMILES string of the molecule is CC(=O)Nc1ccccc1OCC(O)CNCc1ccc(CF)cc1. The number of rotatable bonds is 9. The lowest BCUT2D eigenvalue weighted by molar-refractivity contribution is -0.114. The van der Waals surface area contributed by atoms with Gasteiger partial charge in [-0.25, -0.2) is 4.39 Å². The van der Waals surface area contributed by atoms with E-state index in [1.807, 2.05) is 12.1 Å². The van der Waals surface area contributed by atoms with E-state index >= 15 is 0 Å². The molecule has 5 nitrogen and oxygen atoms in total. The van der Waals surface area contributed by atoms with Crippen LogP contribution < -0.4 is 15.4 Å². The molecule has 25 heavy (non-hydrogen) atoms. The van der Waals surface area contributed by atoms with Crippen molar-refractivity contribution in [2.24, 2.45) is 0 Å². The Morgan fingerprint density at radius 2 is 1.84 bits per heavy atom. The smallest absolute Gasteiger partial charge is 0.221 e. The van der Waals surface area contributed by atoms with Crippen LogP contribution in [0.3, 0.4) is 0 Å². The second kappa shape index (κ2) is 9.76. The van der Waals surface area contributed by atoms with Crippen molar-refractivity contribution < 1.29 is 19.0 Å². The van der Waals surface area contributed by atoms with Crippen LogP contribution in [-0.2, 0) is 18.0 Å². The predicted octanol–water partition coefficient (Wildman–Crippen LogP) is 2.64. The third-order valence-electron chi connectivity index (χ3n) is 3.52. The quantitative estimate of drug-likeness (QED) is 0.653. The summed E-state index contributed by atoms with van der Waals surface area (Å²) in [4.78, 5) is 11.2. The first-order valence-corrected chi connectivity index (χ1v) is 8.10. The van der Waals surface area contributed by atoms with E-state index in [0.717, 1.165) is 5.56 Å². The first kappa shape index (κ1) is 18.9. The number of benzene rings is 2. The van der Waals surface area contributed by atoms with Crippen molar-refractivity contribution in [1.29, 1.82) is 0 Å². The van der Waals surface area contributed by atoms with Gasteiger partial charge in [-0.1, -0.05) is 36.4 Å². The van der Waals surface area contributed by atoms with E-state index in [4.69, 9.17) is 4.74 Å². The molecule has 3 N–H and O–H groups in total. The molecule has 2 aromatic rings. The summed E-state index contributed by atoms with van der Waals surface area (Å²) in [6, 6.07) is 14.3. The first-order valence-electron chi connectivity index (χ1n) is 8.10. The second-order valence-electron chi connectivity index (χ2n) is 5.72. The van der Waals surface area contributed by atoms with E-state index in [-0.39, 0.29) is 12.5 Å². The molecule has 2 aromatic carbocycles. The number of aliphatic hydroxyl groups is 1. The normalized spacial score (nSPS) is 11.8. The van der Waals surface area contributed by atoms with Gasteiger partial charge in [-0.15, -0.1) is 0 Å². The van der Waals surface area contributed by atoms with Crippen molar-refractivity contribution in [3.05, 3.63) is 59.7 Å². The number of aliphatic hydroxyl groups excluding tert-OH is 1. The van der Waals surface area contributed by atoms with Crippen LogP contribution in [0.15, 0.2) is 48.5 Å². The van der Waals surface area contributed by atoms with E-state index in [9.17, 15) is 14.3 Å². The van der Waals surface area contributed by atoms with Gasteiger partial charge in [-0.2, -0.15) is 0 Å². The van der Waals surface area contributed by atoms with Crippen LogP contribution >= 0.6 is 0 Å². The number of amides is 1. The Morgan fingerprint density at radius 1 is 1.16 bits per heavy atom. The zero-order chi connectivity index (χ0) is 18.1. The van der Waals surface area contributed by atoms with Crippen molar-refractivity contribution in [2.75, 3.05) is 18.5 Å². The summed E-state index contributed by atoms with van der Waals surface area (Å²) in [5, 5.41) is 15.8. The third-order valence-corrected chi connectivity index (χ3v) is 3.52. The van der Waals surface area contributed by atoms with Gasteiger partial charge in [0.2, 0.25) is 5.91 Å². The van der Waals surface area contributed by atoms with E-state index in [1.54, 1.807) is 36.4 Å². The number of ether oxygens (including phenoxy) is 1. The maximum Gasteiger partial charge on any atom is 0.221 e. The lowest BCUT2D eigenvalue weighted by Crippen LogP contribution is -2.31. The van der Waals surface area contributed by atoms with Gasteiger partial charge in [0.05, 0.1) is 5.69 Å². The molecule has 0 saturated heterocycles. The van der Waals surface area contributed by atoms with Crippen LogP contribution in [0.5, 0.6) is 5.75 Å². The molecule has 1 atom stereocenters. The molecule has 0 aromatic heterocycles. The van der Waals surface area contributed by atoms with Crippen molar-refractivity contribution in [3.8, 4) is 5.75 Å². The Hall–Kier alpha value is -2.44. The van der Waals surface area contributed by atoms with Crippen LogP contribution in [0.2, 0.25) is 0 Å². The lowest BCUT2D eigenvalue weighted by Gasteiger charge is -2.15. The summed E-state index contributed by atoms with van der Waals surface area (Å²) in [5.74, 6) is 0.329. The molecule has 0 heterocycles. The number of hydrogen-bond donors (Lipinski definition) is 3. The molecule has 0 saturated carbocycles. The summed E-state index contributed by atoms with van der Waals surface area (Å²) in [6.07, 6.45) is -0.699. The van der Waals surface area contributed by atoms with Crippen molar-refractivity contribution in [1.82, 2.24) is 5.32 Å².